The first kappa shape index (κ1) is 24.7. The van der Waals surface area contributed by atoms with Crippen LogP contribution in [0.4, 0.5) is 13.6 Å². The van der Waals surface area contributed by atoms with Crippen molar-refractivity contribution >= 4 is 34.1 Å². The van der Waals surface area contributed by atoms with Crippen LogP contribution in [0.5, 0.6) is 0 Å². The molecule has 9 nitrogen and oxygen atoms in total. The third kappa shape index (κ3) is 4.61. The molecule has 0 saturated heterocycles. The van der Waals surface area contributed by atoms with Crippen molar-refractivity contribution in [2.75, 3.05) is 7.11 Å². The topological polar surface area (TPSA) is 111 Å². The molecule has 1 aromatic carbocycles. The van der Waals surface area contributed by atoms with Crippen LogP contribution in [0.15, 0.2) is 24.3 Å². The summed E-state index contributed by atoms with van der Waals surface area (Å²) in [6.07, 6.45) is 1.05. The summed E-state index contributed by atoms with van der Waals surface area (Å²) in [6.45, 7) is 7.15. The lowest BCUT2D eigenvalue weighted by atomic mass is 10.1. The van der Waals surface area contributed by atoms with Gasteiger partial charge in [-0.2, -0.15) is 0 Å². The first-order valence-electron chi connectivity index (χ1n) is 11.9. The second-order valence-corrected chi connectivity index (χ2v) is 10.2. The molecule has 0 aliphatic heterocycles. The Balaban J connectivity index is 1.54. The maximum atomic E-state index is 15.2. The van der Waals surface area contributed by atoms with Crippen LogP contribution in [-0.2, 0) is 9.47 Å². The van der Waals surface area contributed by atoms with E-state index in [0.717, 1.165) is 25.3 Å². The summed E-state index contributed by atoms with van der Waals surface area (Å²) in [5.41, 5.74) is 0.750. The maximum absolute atomic E-state index is 15.2. The van der Waals surface area contributed by atoms with E-state index in [0.29, 0.717) is 22.9 Å². The van der Waals surface area contributed by atoms with E-state index in [4.69, 9.17) is 4.74 Å². The molecule has 0 bridgehead atoms. The highest BCUT2D eigenvalue weighted by molar-refractivity contribution is 5.95. The van der Waals surface area contributed by atoms with E-state index in [1.165, 1.54) is 6.07 Å². The fourth-order valence-electron chi connectivity index (χ4n) is 4.27. The third-order valence-electron chi connectivity index (χ3n) is 6.09. The SMILES string of the molecule is COC(=O)c1cc2nc(-c3cc4ccc([C@@H](C)NC(=O)OC(C)(C)C)nc4[nH]3)n(C3CC3)c2c(F)c1F. The Morgan fingerprint density at radius 2 is 1.89 bits per heavy atom. The standard InChI is InChI=1S/C26H27F2N5O4/c1-12(29-25(35)37-26(2,3)4)16-9-6-13-10-18(31-22(13)30-16)23-32-17-11-15(24(34)36-5)19(27)20(28)21(17)33(23)14-7-8-14/h6,9-12,14H,7-8H2,1-5H3,(H,29,35)(H,30,31)/t12-/m1/s1. The van der Waals surface area contributed by atoms with Crippen LogP contribution < -0.4 is 5.32 Å². The Morgan fingerprint density at radius 3 is 2.54 bits per heavy atom. The number of halogens is 2. The van der Waals surface area contributed by atoms with Crippen LogP contribution in [0.2, 0.25) is 0 Å². The third-order valence-corrected chi connectivity index (χ3v) is 6.09. The zero-order chi connectivity index (χ0) is 26.6. The van der Waals surface area contributed by atoms with Gasteiger partial charge in [-0.05, 0) is 64.8 Å². The van der Waals surface area contributed by atoms with Gasteiger partial charge in [0.05, 0.1) is 30.1 Å². The van der Waals surface area contributed by atoms with E-state index < -0.39 is 40.9 Å². The van der Waals surface area contributed by atoms with Gasteiger partial charge in [0.15, 0.2) is 17.5 Å². The minimum absolute atomic E-state index is 0.00476. The second kappa shape index (κ2) is 8.82. The Bertz CT molecular complexity index is 1550. The molecule has 0 spiro atoms. The number of methoxy groups -OCH3 is 1. The van der Waals surface area contributed by atoms with Crippen molar-refractivity contribution in [3.63, 3.8) is 0 Å². The van der Waals surface area contributed by atoms with E-state index in [9.17, 15) is 14.0 Å². The van der Waals surface area contributed by atoms with Crippen LogP contribution in [0.25, 0.3) is 33.6 Å². The van der Waals surface area contributed by atoms with Gasteiger partial charge in [0.1, 0.15) is 22.3 Å². The number of ether oxygens (including phenoxy) is 2. The number of rotatable bonds is 5. The lowest BCUT2D eigenvalue weighted by Crippen LogP contribution is -2.34. The molecule has 1 aliphatic carbocycles. The Morgan fingerprint density at radius 1 is 1.16 bits per heavy atom. The number of H-pyrrole nitrogens is 1. The number of pyridine rings is 1. The van der Waals surface area contributed by atoms with Crippen molar-refractivity contribution in [3.05, 3.63) is 47.2 Å². The number of carbonyl (C=O) groups is 2. The largest absolute Gasteiger partial charge is 0.465 e. The monoisotopic (exact) mass is 511 g/mol. The van der Waals surface area contributed by atoms with Crippen molar-refractivity contribution < 1.29 is 27.8 Å². The number of imidazole rings is 1. The highest BCUT2D eigenvalue weighted by atomic mass is 19.2. The summed E-state index contributed by atoms with van der Waals surface area (Å²) >= 11 is 0. The van der Waals surface area contributed by atoms with E-state index in [2.05, 4.69) is 25.0 Å². The van der Waals surface area contributed by atoms with Gasteiger partial charge >= 0.3 is 12.1 Å². The quantitative estimate of drug-likeness (QED) is 0.339. The number of fused-ring (bicyclic) bond motifs is 2. The maximum Gasteiger partial charge on any atom is 0.408 e. The Labute approximate surface area is 211 Å². The smallest absolute Gasteiger partial charge is 0.408 e. The molecule has 194 valence electrons. The lowest BCUT2D eigenvalue weighted by molar-refractivity contribution is 0.0505. The average Bonchev–Trinajstić information content (AvgIpc) is 3.45. The highest BCUT2D eigenvalue weighted by Gasteiger charge is 2.33. The summed E-state index contributed by atoms with van der Waals surface area (Å²) in [7, 11) is 1.10. The molecule has 1 atom stereocenters. The van der Waals surface area contributed by atoms with Crippen LogP contribution in [0, 0.1) is 11.6 Å². The number of esters is 1. The lowest BCUT2D eigenvalue weighted by Gasteiger charge is -2.21. The van der Waals surface area contributed by atoms with Crippen LogP contribution in [-0.4, -0.2) is 44.3 Å². The zero-order valence-electron chi connectivity index (χ0n) is 21.1. The molecular weight excluding hydrogens is 484 g/mol. The number of hydrogen-bond acceptors (Lipinski definition) is 6. The normalized spacial score (nSPS) is 14.7. The number of carbonyl (C=O) groups excluding carboxylic acids is 2. The van der Waals surface area contributed by atoms with E-state index in [1.54, 1.807) is 38.3 Å². The first-order chi connectivity index (χ1) is 17.5. The Kier molecular flexibility index (Phi) is 5.88. The summed E-state index contributed by atoms with van der Waals surface area (Å²) in [6, 6.07) is 6.23. The fraction of sp³-hybridized carbons (Fsp3) is 0.385. The fourth-order valence-corrected chi connectivity index (χ4v) is 4.27. The highest BCUT2D eigenvalue weighted by Crippen LogP contribution is 2.42. The van der Waals surface area contributed by atoms with Gasteiger partial charge < -0.3 is 24.3 Å². The van der Waals surface area contributed by atoms with Gasteiger partial charge in [-0.3, -0.25) is 0 Å². The summed E-state index contributed by atoms with van der Waals surface area (Å²) in [5.74, 6) is -2.96. The molecule has 1 saturated carbocycles. The summed E-state index contributed by atoms with van der Waals surface area (Å²) in [4.78, 5) is 36.5. The first-order valence-corrected chi connectivity index (χ1v) is 11.9. The number of aromatic amines is 1. The summed E-state index contributed by atoms with van der Waals surface area (Å²) < 4.78 is 41.5. The van der Waals surface area contributed by atoms with E-state index in [-0.39, 0.29) is 17.1 Å². The number of aromatic nitrogens is 4. The van der Waals surface area contributed by atoms with Crippen molar-refractivity contribution in [1.29, 1.82) is 0 Å². The van der Waals surface area contributed by atoms with Gasteiger partial charge in [-0.25, -0.2) is 28.3 Å². The number of benzene rings is 1. The predicted octanol–water partition coefficient (Wildman–Crippen LogP) is 5.57. The second-order valence-electron chi connectivity index (χ2n) is 10.2. The van der Waals surface area contributed by atoms with Crippen molar-refractivity contribution in [3.8, 4) is 11.5 Å². The van der Waals surface area contributed by atoms with Gasteiger partial charge in [0.25, 0.3) is 0 Å². The molecule has 11 heteroatoms. The van der Waals surface area contributed by atoms with E-state index >= 15 is 4.39 Å². The number of amides is 1. The van der Waals surface area contributed by atoms with Crippen LogP contribution >= 0.6 is 0 Å². The molecule has 3 aromatic heterocycles. The number of nitrogens with one attached hydrogen (secondary N) is 2. The molecule has 4 aromatic rings. The predicted molar refractivity (Wildman–Crippen MR) is 132 cm³/mol. The van der Waals surface area contributed by atoms with Gasteiger partial charge in [-0.1, -0.05) is 0 Å². The van der Waals surface area contributed by atoms with Crippen molar-refractivity contribution in [1.82, 2.24) is 24.8 Å². The molecule has 2 N–H and O–H groups in total. The minimum Gasteiger partial charge on any atom is -0.465 e. The van der Waals surface area contributed by atoms with E-state index in [1.807, 2.05) is 12.1 Å². The van der Waals surface area contributed by atoms with Gasteiger partial charge in [-0.15, -0.1) is 0 Å². The Hall–Kier alpha value is -4.02. The average molecular weight is 512 g/mol. The zero-order valence-corrected chi connectivity index (χ0v) is 21.1. The number of hydrogen-bond donors (Lipinski definition) is 2. The van der Waals surface area contributed by atoms with Gasteiger partial charge in [0, 0.05) is 11.4 Å². The molecule has 37 heavy (non-hydrogen) atoms. The number of alkyl carbamates (subject to hydrolysis) is 1. The molecule has 0 unspecified atom stereocenters. The molecule has 0 radical (unpaired) electrons. The molecule has 1 fully saturated rings. The molecular formula is C26H27F2N5O4. The molecule has 5 rings (SSSR count). The minimum atomic E-state index is -1.26. The van der Waals surface area contributed by atoms with Crippen LogP contribution in [0.3, 0.4) is 0 Å². The van der Waals surface area contributed by atoms with Crippen LogP contribution in [0.1, 0.15) is 68.7 Å². The number of nitrogens with zero attached hydrogens (tertiary/aromatic N) is 3. The van der Waals surface area contributed by atoms with Crippen molar-refractivity contribution in [2.24, 2.45) is 0 Å². The molecule has 1 aliphatic rings. The summed E-state index contributed by atoms with van der Waals surface area (Å²) in [5, 5.41) is 3.55. The molecule has 1 amide bonds. The van der Waals surface area contributed by atoms with Crippen molar-refractivity contribution in [2.45, 2.75) is 58.2 Å². The van der Waals surface area contributed by atoms with Gasteiger partial charge in [0.2, 0.25) is 0 Å². The molecule has 3 heterocycles.